The van der Waals surface area contributed by atoms with Crippen molar-refractivity contribution in [2.45, 2.75) is 71.3 Å². The van der Waals surface area contributed by atoms with E-state index in [-0.39, 0.29) is 0 Å². The third-order valence-electron chi connectivity index (χ3n) is 4.17. The maximum Gasteiger partial charge on any atom is 0.164 e. The second-order valence-corrected chi connectivity index (χ2v) is 5.92. The van der Waals surface area contributed by atoms with Crippen LogP contribution in [0.4, 0.5) is 0 Å². The molecule has 0 aliphatic heterocycles. The van der Waals surface area contributed by atoms with E-state index in [1.807, 2.05) is 0 Å². The summed E-state index contributed by atoms with van der Waals surface area (Å²) in [6, 6.07) is 0. The molecule has 0 aromatic carbocycles. The van der Waals surface area contributed by atoms with Crippen molar-refractivity contribution in [3.8, 4) is 0 Å². The predicted molar refractivity (Wildman–Crippen MR) is 71.1 cm³/mol. The molecule has 1 rings (SSSR count). The molecule has 1 aliphatic rings. The van der Waals surface area contributed by atoms with Crippen molar-refractivity contribution in [3.63, 3.8) is 0 Å². The zero-order valence-corrected chi connectivity index (χ0v) is 11.9. The van der Waals surface area contributed by atoms with Gasteiger partial charge in [-0.1, -0.05) is 40.0 Å². The molecule has 0 saturated heterocycles. The quantitative estimate of drug-likeness (QED) is 0.702. The third-order valence-corrected chi connectivity index (χ3v) is 4.17. The summed E-state index contributed by atoms with van der Waals surface area (Å²) < 4.78 is 5.64. The summed E-state index contributed by atoms with van der Waals surface area (Å²) in [5.41, 5.74) is -0.459. The van der Waals surface area contributed by atoms with Crippen molar-refractivity contribution >= 4 is 5.78 Å². The molecule has 2 heteroatoms. The maximum absolute atomic E-state index is 12.5. The summed E-state index contributed by atoms with van der Waals surface area (Å²) in [4.78, 5) is 12.5. The van der Waals surface area contributed by atoms with E-state index < -0.39 is 5.60 Å². The van der Waals surface area contributed by atoms with Crippen LogP contribution in [-0.2, 0) is 9.53 Å². The molecule has 2 nitrogen and oxygen atoms in total. The van der Waals surface area contributed by atoms with Crippen LogP contribution < -0.4 is 0 Å². The monoisotopic (exact) mass is 240 g/mol. The van der Waals surface area contributed by atoms with E-state index >= 15 is 0 Å². The molecule has 0 bridgehead atoms. The van der Waals surface area contributed by atoms with Crippen molar-refractivity contribution < 1.29 is 9.53 Å². The first-order valence-corrected chi connectivity index (χ1v) is 7.12. The van der Waals surface area contributed by atoms with E-state index in [9.17, 15) is 4.79 Å². The number of hydrogen-bond acceptors (Lipinski definition) is 2. The largest absolute Gasteiger partial charge is 0.370 e. The van der Waals surface area contributed by atoms with Crippen LogP contribution in [0.3, 0.4) is 0 Å². The summed E-state index contributed by atoms with van der Waals surface area (Å²) in [6.45, 7) is 6.59. The number of Topliss-reactive ketones (excluding diaryl/α,β-unsaturated/α-hetero) is 1. The lowest BCUT2D eigenvalue weighted by Crippen LogP contribution is -2.45. The van der Waals surface area contributed by atoms with Crippen molar-refractivity contribution in [1.29, 1.82) is 0 Å². The van der Waals surface area contributed by atoms with Gasteiger partial charge < -0.3 is 4.74 Å². The Morgan fingerprint density at radius 1 is 1.53 bits per heavy atom. The molecule has 0 radical (unpaired) electrons. The molecule has 100 valence electrons. The zero-order chi connectivity index (χ0) is 12.9. The SMILES string of the molecule is CCCC(C)CC(=O)C1(OC)CCCC(C)C1. The van der Waals surface area contributed by atoms with Crippen LogP contribution in [0.2, 0.25) is 0 Å². The highest BCUT2D eigenvalue weighted by molar-refractivity contribution is 5.87. The Kier molecular flexibility index (Phi) is 5.64. The number of hydrogen-bond donors (Lipinski definition) is 0. The lowest BCUT2D eigenvalue weighted by Gasteiger charge is -2.38. The number of ketones is 1. The molecule has 0 aromatic heterocycles. The van der Waals surface area contributed by atoms with E-state index in [1.54, 1.807) is 7.11 Å². The lowest BCUT2D eigenvalue weighted by molar-refractivity contribution is -0.148. The van der Waals surface area contributed by atoms with Gasteiger partial charge in [0.25, 0.3) is 0 Å². The molecule has 1 saturated carbocycles. The summed E-state index contributed by atoms with van der Waals surface area (Å²) in [5.74, 6) is 1.46. The van der Waals surface area contributed by atoms with Crippen LogP contribution >= 0.6 is 0 Å². The van der Waals surface area contributed by atoms with Gasteiger partial charge in [0.05, 0.1) is 0 Å². The molecular weight excluding hydrogens is 212 g/mol. The van der Waals surface area contributed by atoms with Gasteiger partial charge >= 0.3 is 0 Å². The van der Waals surface area contributed by atoms with Crippen LogP contribution in [-0.4, -0.2) is 18.5 Å². The highest BCUT2D eigenvalue weighted by atomic mass is 16.5. The highest BCUT2D eigenvalue weighted by Gasteiger charge is 2.41. The zero-order valence-electron chi connectivity index (χ0n) is 11.9. The van der Waals surface area contributed by atoms with Crippen LogP contribution in [0.15, 0.2) is 0 Å². The minimum atomic E-state index is -0.459. The first-order chi connectivity index (χ1) is 8.04. The number of carbonyl (C=O) groups is 1. The van der Waals surface area contributed by atoms with Gasteiger partial charge in [0.2, 0.25) is 0 Å². The fourth-order valence-electron chi connectivity index (χ4n) is 3.15. The topological polar surface area (TPSA) is 26.3 Å². The van der Waals surface area contributed by atoms with Gasteiger partial charge in [-0.25, -0.2) is 0 Å². The Morgan fingerprint density at radius 3 is 2.76 bits per heavy atom. The number of ether oxygens (including phenoxy) is 1. The molecule has 17 heavy (non-hydrogen) atoms. The first-order valence-electron chi connectivity index (χ1n) is 7.12. The molecular formula is C15H28O2. The van der Waals surface area contributed by atoms with Gasteiger partial charge in [0.15, 0.2) is 5.78 Å². The molecule has 0 N–H and O–H groups in total. The molecule has 0 spiro atoms. The Hall–Kier alpha value is -0.370. The van der Waals surface area contributed by atoms with Crippen molar-refractivity contribution in [1.82, 2.24) is 0 Å². The van der Waals surface area contributed by atoms with Gasteiger partial charge in [0.1, 0.15) is 5.60 Å². The second-order valence-electron chi connectivity index (χ2n) is 5.92. The molecule has 1 aliphatic carbocycles. The fraction of sp³-hybridized carbons (Fsp3) is 0.933. The standard InChI is InChI=1S/C15H28O2/c1-5-7-12(2)10-14(16)15(17-4)9-6-8-13(3)11-15/h12-13H,5-11H2,1-4H3. The Labute approximate surface area is 106 Å². The average molecular weight is 240 g/mol. The smallest absolute Gasteiger partial charge is 0.164 e. The van der Waals surface area contributed by atoms with Crippen LogP contribution in [0.5, 0.6) is 0 Å². The molecule has 1 fully saturated rings. The molecule has 0 amide bonds. The van der Waals surface area contributed by atoms with Crippen molar-refractivity contribution in [3.05, 3.63) is 0 Å². The van der Waals surface area contributed by atoms with Crippen molar-refractivity contribution in [2.75, 3.05) is 7.11 Å². The number of rotatable bonds is 6. The molecule has 3 atom stereocenters. The van der Waals surface area contributed by atoms with Gasteiger partial charge in [-0.3, -0.25) is 4.79 Å². The normalized spacial score (nSPS) is 31.2. The van der Waals surface area contributed by atoms with E-state index in [0.717, 1.165) is 32.1 Å². The second kappa shape index (κ2) is 6.53. The van der Waals surface area contributed by atoms with Gasteiger partial charge in [-0.05, 0) is 31.1 Å². The molecule has 0 aromatic rings. The third kappa shape index (κ3) is 3.80. The summed E-state index contributed by atoms with van der Waals surface area (Å²) in [5, 5.41) is 0. The Bertz CT molecular complexity index is 249. The van der Waals surface area contributed by atoms with Gasteiger partial charge in [-0.2, -0.15) is 0 Å². The summed E-state index contributed by atoms with van der Waals surface area (Å²) in [7, 11) is 1.71. The van der Waals surface area contributed by atoms with E-state index in [0.29, 0.717) is 24.0 Å². The van der Waals surface area contributed by atoms with Gasteiger partial charge in [0, 0.05) is 13.5 Å². The number of methoxy groups -OCH3 is 1. The summed E-state index contributed by atoms with van der Waals surface area (Å²) >= 11 is 0. The lowest BCUT2D eigenvalue weighted by atomic mass is 9.74. The number of carbonyl (C=O) groups excluding carboxylic acids is 1. The maximum atomic E-state index is 12.5. The van der Waals surface area contributed by atoms with Crippen LogP contribution in [0, 0.1) is 11.8 Å². The van der Waals surface area contributed by atoms with Crippen LogP contribution in [0.1, 0.15) is 65.7 Å². The first kappa shape index (κ1) is 14.7. The van der Waals surface area contributed by atoms with E-state index in [1.165, 1.54) is 6.42 Å². The molecule has 0 heterocycles. The van der Waals surface area contributed by atoms with Gasteiger partial charge in [-0.15, -0.1) is 0 Å². The minimum Gasteiger partial charge on any atom is -0.370 e. The summed E-state index contributed by atoms with van der Waals surface area (Å²) in [6.07, 6.45) is 7.19. The van der Waals surface area contributed by atoms with E-state index in [2.05, 4.69) is 20.8 Å². The predicted octanol–water partition coefficient (Wildman–Crippen LogP) is 3.98. The average Bonchev–Trinajstić information content (AvgIpc) is 2.29. The van der Waals surface area contributed by atoms with Crippen LogP contribution in [0.25, 0.3) is 0 Å². The minimum absolute atomic E-state index is 0.340. The highest BCUT2D eigenvalue weighted by Crippen LogP contribution is 2.37. The Morgan fingerprint density at radius 2 is 2.24 bits per heavy atom. The Balaban J connectivity index is 2.62. The molecule has 3 unspecified atom stereocenters. The van der Waals surface area contributed by atoms with Crippen molar-refractivity contribution in [2.24, 2.45) is 11.8 Å². The fourth-order valence-corrected chi connectivity index (χ4v) is 3.15. The van der Waals surface area contributed by atoms with E-state index in [4.69, 9.17) is 4.74 Å².